The van der Waals surface area contributed by atoms with Crippen LogP contribution in [0.25, 0.3) is 0 Å². The van der Waals surface area contributed by atoms with Crippen LogP contribution in [0.1, 0.15) is 386 Å². The first kappa shape index (κ1) is 72.6. The molecule has 0 aliphatic carbocycles. The highest BCUT2D eigenvalue weighted by Crippen LogP contribution is 2.19. The minimum absolute atomic E-state index is 0.0172. The summed E-state index contributed by atoms with van der Waals surface area (Å²) in [6, 6.07) is -0.628. The van der Waals surface area contributed by atoms with Crippen molar-refractivity contribution >= 4 is 11.9 Å². The number of amides is 1. The maximum Gasteiger partial charge on any atom is 0.305 e. The largest absolute Gasteiger partial charge is 0.466 e. The third-order valence-electron chi connectivity index (χ3n) is 16.1. The molecule has 74 heavy (non-hydrogen) atoms. The maximum absolute atomic E-state index is 12.5. The van der Waals surface area contributed by atoms with E-state index in [2.05, 4.69) is 19.2 Å². The average Bonchev–Trinajstić information content (AvgIpc) is 3.40. The summed E-state index contributed by atoms with van der Waals surface area (Å²) in [4.78, 5) is 24.6. The van der Waals surface area contributed by atoms with E-state index in [-0.39, 0.29) is 18.5 Å². The number of carbonyl (C=O) groups is 2. The highest BCUT2D eigenvalue weighted by Gasteiger charge is 2.18. The number of allylic oxidation sites excluding steroid dienone is 1. The van der Waals surface area contributed by atoms with Gasteiger partial charge in [0.2, 0.25) is 5.91 Å². The molecule has 0 aromatic rings. The Hall–Kier alpha value is -1.40. The molecule has 0 aliphatic heterocycles. The van der Waals surface area contributed by atoms with E-state index in [1.165, 1.54) is 321 Å². The van der Waals surface area contributed by atoms with E-state index in [4.69, 9.17) is 4.74 Å². The SMILES string of the molecule is CCCCCCCCCCCCCCCCC/C=C/C(O)C(CO)NC(=O)CCCCCCCCCCCCCCCCCCCCCCCOC(=O)CCCCCCCCCCCCCCCCCCCCC. The first-order chi connectivity index (χ1) is 36.5. The fraction of sp³-hybridized carbons (Fsp3) is 0.941. The molecule has 1 amide bonds. The Morgan fingerprint density at radius 2 is 0.622 bits per heavy atom. The highest BCUT2D eigenvalue weighted by molar-refractivity contribution is 5.76. The summed E-state index contributed by atoms with van der Waals surface area (Å²) in [5.74, 6) is -0.0482. The van der Waals surface area contributed by atoms with Gasteiger partial charge in [-0.2, -0.15) is 0 Å². The fourth-order valence-electron chi connectivity index (χ4n) is 10.9. The van der Waals surface area contributed by atoms with Crippen LogP contribution < -0.4 is 5.32 Å². The van der Waals surface area contributed by atoms with Crippen molar-refractivity contribution in [2.24, 2.45) is 0 Å². The Morgan fingerprint density at radius 3 is 0.919 bits per heavy atom. The predicted molar refractivity (Wildman–Crippen MR) is 324 cm³/mol. The minimum Gasteiger partial charge on any atom is -0.466 e. The van der Waals surface area contributed by atoms with Gasteiger partial charge in [0.05, 0.1) is 25.4 Å². The summed E-state index contributed by atoms with van der Waals surface area (Å²) < 4.78 is 5.51. The lowest BCUT2D eigenvalue weighted by Crippen LogP contribution is -2.45. The Balaban J connectivity index is 3.37. The fourth-order valence-corrected chi connectivity index (χ4v) is 10.9. The molecule has 0 radical (unpaired) electrons. The first-order valence-corrected chi connectivity index (χ1v) is 34.0. The second-order valence-corrected chi connectivity index (χ2v) is 23.5. The smallest absolute Gasteiger partial charge is 0.305 e. The van der Waals surface area contributed by atoms with Crippen LogP contribution in [0, 0.1) is 0 Å². The number of ether oxygens (including phenoxy) is 1. The lowest BCUT2D eigenvalue weighted by Gasteiger charge is -2.20. The second kappa shape index (κ2) is 64.1. The Bertz CT molecular complexity index is 1110. The van der Waals surface area contributed by atoms with Crippen LogP contribution in [-0.2, 0) is 14.3 Å². The molecule has 0 saturated carbocycles. The van der Waals surface area contributed by atoms with Gasteiger partial charge in [-0.1, -0.05) is 353 Å². The van der Waals surface area contributed by atoms with Crippen LogP contribution in [0.15, 0.2) is 12.2 Å². The van der Waals surface area contributed by atoms with Gasteiger partial charge >= 0.3 is 5.97 Å². The van der Waals surface area contributed by atoms with Gasteiger partial charge in [-0.3, -0.25) is 9.59 Å². The number of carbonyl (C=O) groups excluding carboxylic acids is 2. The number of rotatable bonds is 64. The molecule has 2 atom stereocenters. The summed E-state index contributed by atoms with van der Waals surface area (Å²) in [6.45, 7) is 4.94. The van der Waals surface area contributed by atoms with Gasteiger partial charge < -0.3 is 20.3 Å². The lowest BCUT2D eigenvalue weighted by atomic mass is 10.0. The van der Waals surface area contributed by atoms with Crippen LogP contribution in [0.3, 0.4) is 0 Å². The third kappa shape index (κ3) is 59.8. The van der Waals surface area contributed by atoms with Crippen LogP contribution in [0.4, 0.5) is 0 Å². The molecule has 6 nitrogen and oxygen atoms in total. The molecule has 0 heterocycles. The molecule has 0 rings (SSSR count). The van der Waals surface area contributed by atoms with Gasteiger partial charge in [-0.05, 0) is 32.1 Å². The van der Waals surface area contributed by atoms with Gasteiger partial charge in [-0.15, -0.1) is 0 Å². The van der Waals surface area contributed by atoms with Crippen molar-refractivity contribution in [2.75, 3.05) is 13.2 Å². The lowest BCUT2D eigenvalue weighted by molar-refractivity contribution is -0.143. The van der Waals surface area contributed by atoms with Crippen LogP contribution in [0.2, 0.25) is 0 Å². The van der Waals surface area contributed by atoms with Crippen molar-refractivity contribution in [3.8, 4) is 0 Å². The monoisotopic (exact) mass is 1040 g/mol. The molecule has 440 valence electrons. The van der Waals surface area contributed by atoms with Gasteiger partial charge in [0.25, 0.3) is 0 Å². The molecule has 0 saturated heterocycles. The number of hydrogen-bond acceptors (Lipinski definition) is 5. The van der Waals surface area contributed by atoms with E-state index < -0.39 is 12.1 Å². The standard InChI is InChI=1S/C68H133NO5/c1-3-5-7-9-11-13-15-17-19-21-25-30-34-38-42-46-50-54-58-62-68(73)74-63-59-55-51-47-43-39-35-31-27-24-22-23-26-29-33-37-41-45-49-53-57-61-67(72)69-65(64-70)66(71)60-56-52-48-44-40-36-32-28-20-18-16-14-12-10-8-6-4-2/h56,60,65-66,70-71H,3-55,57-59,61-64H2,1-2H3,(H,69,72)/b60-56+. The Labute approximate surface area is 463 Å². The molecule has 0 bridgehead atoms. The van der Waals surface area contributed by atoms with Gasteiger partial charge in [0.1, 0.15) is 0 Å². The van der Waals surface area contributed by atoms with Crippen molar-refractivity contribution < 1.29 is 24.5 Å². The van der Waals surface area contributed by atoms with E-state index in [1.807, 2.05) is 6.08 Å². The summed E-state index contributed by atoms with van der Waals surface area (Å²) in [5.41, 5.74) is 0. The summed E-state index contributed by atoms with van der Waals surface area (Å²) in [5, 5.41) is 23.2. The molecular weight excluding hydrogens is 911 g/mol. The third-order valence-corrected chi connectivity index (χ3v) is 16.1. The molecular formula is C68H133NO5. The number of hydrogen-bond donors (Lipinski definition) is 3. The topological polar surface area (TPSA) is 95.9 Å². The summed E-state index contributed by atoms with van der Waals surface area (Å²) >= 11 is 0. The maximum atomic E-state index is 12.5. The minimum atomic E-state index is -0.845. The zero-order valence-electron chi connectivity index (χ0n) is 50.4. The number of esters is 1. The molecule has 2 unspecified atom stereocenters. The summed E-state index contributed by atoms with van der Waals surface area (Å²) in [7, 11) is 0. The molecule has 0 fully saturated rings. The number of unbranched alkanes of at least 4 members (excludes halogenated alkanes) is 53. The van der Waals surface area contributed by atoms with Crippen molar-refractivity contribution in [1.29, 1.82) is 0 Å². The molecule has 0 spiro atoms. The van der Waals surface area contributed by atoms with Crippen molar-refractivity contribution in [2.45, 2.75) is 398 Å². The van der Waals surface area contributed by atoms with E-state index in [0.29, 0.717) is 19.4 Å². The van der Waals surface area contributed by atoms with Gasteiger partial charge in [0, 0.05) is 12.8 Å². The summed E-state index contributed by atoms with van der Waals surface area (Å²) in [6.07, 6.45) is 78.4. The first-order valence-electron chi connectivity index (χ1n) is 34.0. The number of aliphatic hydroxyl groups is 2. The van der Waals surface area contributed by atoms with Crippen molar-refractivity contribution in [3.63, 3.8) is 0 Å². The van der Waals surface area contributed by atoms with Crippen LogP contribution in [0.5, 0.6) is 0 Å². The normalized spacial score (nSPS) is 12.5. The molecule has 0 aromatic carbocycles. The number of nitrogens with one attached hydrogen (secondary N) is 1. The molecule has 0 aromatic heterocycles. The van der Waals surface area contributed by atoms with Crippen LogP contribution >= 0.6 is 0 Å². The van der Waals surface area contributed by atoms with Gasteiger partial charge in [-0.25, -0.2) is 0 Å². The second-order valence-electron chi connectivity index (χ2n) is 23.5. The van der Waals surface area contributed by atoms with Crippen molar-refractivity contribution in [3.05, 3.63) is 12.2 Å². The number of aliphatic hydroxyl groups excluding tert-OH is 2. The van der Waals surface area contributed by atoms with E-state index in [0.717, 1.165) is 38.5 Å². The van der Waals surface area contributed by atoms with Crippen molar-refractivity contribution in [1.82, 2.24) is 5.32 Å². The van der Waals surface area contributed by atoms with E-state index in [9.17, 15) is 19.8 Å². The predicted octanol–water partition coefficient (Wildman–Crippen LogP) is 21.6. The quantitative estimate of drug-likeness (QED) is 0.0320. The Kier molecular flexibility index (Phi) is 62.9. The van der Waals surface area contributed by atoms with Gasteiger partial charge in [0.15, 0.2) is 0 Å². The molecule has 0 aliphatic rings. The molecule has 3 N–H and O–H groups in total. The van der Waals surface area contributed by atoms with E-state index in [1.54, 1.807) is 6.08 Å². The van der Waals surface area contributed by atoms with E-state index >= 15 is 0 Å². The highest BCUT2D eigenvalue weighted by atomic mass is 16.5. The van der Waals surface area contributed by atoms with Crippen LogP contribution in [-0.4, -0.2) is 47.4 Å². The zero-order valence-corrected chi connectivity index (χ0v) is 50.4. The average molecular weight is 1040 g/mol. The zero-order chi connectivity index (χ0) is 53.6. The molecule has 6 heteroatoms. The Morgan fingerprint density at radius 1 is 0.365 bits per heavy atom.